The van der Waals surface area contributed by atoms with Gasteiger partial charge in [0.1, 0.15) is 6.04 Å². The number of thiazole rings is 1. The first-order valence-electron chi connectivity index (χ1n) is 13.2. The molecule has 8 nitrogen and oxygen atoms in total. The summed E-state index contributed by atoms with van der Waals surface area (Å²) in [4.78, 5) is 62.0. The van der Waals surface area contributed by atoms with Gasteiger partial charge in [0, 0.05) is 34.1 Å². The Morgan fingerprint density at radius 3 is 2.59 bits per heavy atom. The third-order valence-corrected chi connectivity index (χ3v) is 11.6. The molecule has 1 aromatic carbocycles. The Kier molecular flexibility index (Phi) is 5.99. The Hall–Kier alpha value is -3.45. The summed E-state index contributed by atoms with van der Waals surface area (Å²) in [6.45, 7) is 1.42. The number of thioether (sulfide) groups is 1. The Morgan fingerprint density at radius 1 is 1.12 bits per heavy atom. The highest BCUT2D eigenvalue weighted by Gasteiger charge is 2.70. The zero-order valence-electron chi connectivity index (χ0n) is 21.4. The molecule has 2 N–H and O–H groups in total. The van der Waals surface area contributed by atoms with Crippen molar-refractivity contribution in [3.05, 3.63) is 74.5 Å². The molecule has 212 valence electrons. The van der Waals surface area contributed by atoms with Crippen molar-refractivity contribution in [2.24, 2.45) is 29.6 Å². The number of hydrogen-bond acceptors (Lipinski definition) is 7. The number of pyridine rings is 1. The standard InChI is InChI=1S/C28H23F3N4O4S2/c1-11(23(36)33-14-6-2-5-13(8-14)28(29,30)31)35-25(37)19-15-9-16(20(19)26(35)38)21-18(15)17(12-4-3-7-32-10-12)22-24(40-21)34-27(39)41-22/h2-8,10-11,15-21H,9H2,1H3,(H,33,36)(H,34,39). The number of aromatic amines is 1. The van der Waals surface area contributed by atoms with Gasteiger partial charge in [0.15, 0.2) is 0 Å². The molecule has 2 aliphatic carbocycles. The van der Waals surface area contributed by atoms with Crippen molar-refractivity contribution in [3.8, 4) is 0 Å². The Bertz CT molecular complexity index is 1640. The van der Waals surface area contributed by atoms with Crippen LogP contribution in [0.2, 0.25) is 0 Å². The van der Waals surface area contributed by atoms with E-state index in [2.05, 4.69) is 15.3 Å². The van der Waals surface area contributed by atoms with Crippen molar-refractivity contribution in [1.82, 2.24) is 14.9 Å². The maximum atomic E-state index is 13.8. The molecular formula is C28H23F3N4O4S2. The molecule has 4 aliphatic rings. The SMILES string of the molecule is CC(C(=O)Nc1cccc(C(F)(F)F)c1)N1C(=O)C2C3CC(C2C1=O)C1C(c2cccnc2)c2sc(=O)[nH]c2SC31. The minimum atomic E-state index is -4.58. The van der Waals surface area contributed by atoms with Crippen LogP contribution in [0.3, 0.4) is 0 Å². The number of alkyl halides is 3. The van der Waals surface area contributed by atoms with Gasteiger partial charge in [-0.1, -0.05) is 23.5 Å². The molecule has 8 atom stereocenters. The second-order valence-corrected chi connectivity index (χ2v) is 13.2. The lowest BCUT2D eigenvalue weighted by Crippen LogP contribution is -2.46. The van der Waals surface area contributed by atoms with Gasteiger partial charge in [-0.25, -0.2) is 0 Å². The summed E-state index contributed by atoms with van der Waals surface area (Å²) < 4.78 is 39.4. The zero-order valence-corrected chi connectivity index (χ0v) is 23.1. The van der Waals surface area contributed by atoms with Crippen LogP contribution in [-0.2, 0) is 20.6 Å². The quantitative estimate of drug-likeness (QED) is 0.431. The van der Waals surface area contributed by atoms with Crippen LogP contribution < -0.4 is 10.2 Å². The van der Waals surface area contributed by atoms with E-state index < -0.39 is 47.3 Å². The van der Waals surface area contributed by atoms with Crippen molar-refractivity contribution in [1.29, 1.82) is 0 Å². The van der Waals surface area contributed by atoms with Gasteiger partial charge in [-0.15, -0.1) is 11.8 Å². The van der Waals surface area contributed by atoms with E-state index >= 15 is 0 Å². The number of aromatic nitrogens is 2. The monoisotopic (exact) mass is 600 g/mol. The van der Waals surface area contributed by atoms with E-state index in [1.54, 1.807) is 24.2 Å². The average molecular weight is 601 g/mol. The normalized spacial score (nSPS) is 30.6. The number of rotatable bonds is 4. The van der Waals surface area contributed by atoms with E-state index in [1.807, 2.05) is 12.1 Å². The van der Waals surface area contributed by atoms with Crippen LogP contribution in [0.1, 0.15) is 35.3 Å². The van der Waals surface area contributed by atoms with E-state index in [9.17, 15) is 32.3 Å². The van der Waals surface area contributed by atoms with E-state index in [0.717, 1.165) is 43.8 Å². The maximum Gasteiger partial charge on any atom is 0.416 e. The van der Waals surface area contributed by atoms with E-state index in [1.165, 1.54) is 19.1 Å². The number of carbonyl (C=O) groups excluding carboxylic acids is 3. The number of halogens is 3. The van der Waals surface area contributed by atoms with Gasteiger partial charge in [-0.05, 0) is 60.9 Å². The number of benzene rings is 1. The van der Waals surface area contributed by atoms with Crippen LogP contribution in [0, 0.1) is 29.6 Å². The number of fused-ring (bicyclic) bond motifs is 9. The summed E-state index contributed by atoms with van der Waals surface area (Å²) >= 11 is 2.73. The molecule has 4 heterocycles. The van der Waals surface area contributed by atoms with Gasteiger partial charge in [0.2, 0.25) is 17.7 Å². The predicted molar refractivity (Wildman–Crippen MR) is 144 cm³/mol. The number of nitrogens with one attached hydrogen (secondary N) is 2. The Balaban J connectivity index is 1.18. The minimum absolute atomic E-state index is 0.000316. The second kappa shape index (κ2) is 9.28. The lowest BCUT2D eigenvalue weighted by molar-refractivity contribution is -0.146. The Labute approximate surface area is 239 Å². The smallest absolute Gasteiger partial charge is 0.324 e. The third kappa shape index (κ3) is 3.99. The number of likely N-dealkylation sites (tertiary alicyclic amines) is 1. The van der Waals surface area contributed by atoms with Crippen LogP contribution in [0.4, 0.5) is 18.9 Å². The molecule has 2 saturated carbocycles. The molecule has 3 amide bonds. The maximum absolute atomic E-state index is 13.8. The molecule has 0 spiro atoms. The van der Waals surface area contributed by atoms with Crippen molar-refractivity contribution in [3.63, 3.8) is 0 Å². The van der Waals surface area contributed by atoms with Gasteiger partial charge >= 0.3 is 11.0 Å². The number of anilines is 1. The van der Waals surface area contributed by atoms with Gasteiger partial charge in [-0.2, -0.15) is 13.2 Å². The molecule has 2 aromatic heterocycles. The van der Waals surface area contributed by atoms with Crippen LogP contribution in [-0.4, -0.2) is 43.9 Å². The number of imide groups is 1. The molecular weight excluding hydrogens is 577 g/mol. The minimum Gasteiger partial charge on any atom is -0.324 e. The summed E-state index contributed by atoms with van der Waals surface area (Å²) in [5.74, 6) is -3.13. The van der Waals surface area contributed by atoms with Gasteiger partial charge < -0.3 is 10.3 Å². The van der Waals surface area contributed by atoms with Gasteiger partial charge in [0.25, 0.3) is 0 Å². The third-order valence-electron chi connectivity index (χ3n) is 9.03. The molecule has 8 unspecified atom stereocenters. The lowest BCUT2D eigenvalue weighted by Gasteiger charge is -2.42. The summed E-state index contributed by atoms with van der Waals surface area (Å²) in [5, 5.41) is 3.23. The summed E-state index contributed by atoms with van der Waals surface area (Å²) in [7, 11) is 0. The lowest BCUT2D eigenvalue weighted by atomic mass is 9.68. The molecule has 13 heteroatoms. The van der Waals surface area contributed by atoms with Crippen molar-refractivity contribution < 1.29 is 27.6 Å². The van der Waals surface area contributed by atoms with Crippen molar-refractivity contribution in [2.45, 2.75) is 41.8 Å². The van der Waals surface area contributed by atoms with Crippen LogP contribution in [0.5, 0.6) is 0 Å². The second-order valence-electron chi connectivity index (χ2n) is 11.0. The van der Waals surface area contributed by atoms with E-state index in [-0.39, 0.29) is 39.5 Å². The highest BCUT2D eigenvalue weighted by atomic mass is 32.2. The molecule has 7 rings (SSSR count). The van der Waals surface area contributed by atoms with Crippen molar-refractivity contribution in [2.75, 3.05) is 5.32 Å². The fourth-order valence-electron chi connectivity index (χ4n) is 7.49. The largest absolute Gasteiger partial charge is 0.416 e. The van der Waals surface area contributed by atoms with E-state index in [4.69, 9.17) is 0 Å². The summed E-state index contributed by atoms with van der Waals surface area (Å²) in [6, 6.07) is 6.83. The molecule has 1 saturated heterocycles. The highest BCUT2D eigenvalue weighted by Crippen LogP contribution is 2.68. The summed E-state index contributed by atoms with van der Waals surface area (Å²) in [6.07, 6.45) is -0.422. The molecule has 0 radical (unpaired) electrons. The predicted octanol–water partition coefficient (Wildman–Crippen LogP) is 4.35. The van der Waals surface area contributed by atoms with Crippen LogP contribution in [0.15, 0.2) is 58.6 Å². The number of nitrogens with zero attached hydrogens (tertiary/aromatic N) is 2. The van der Waals surface area contributed by atoms with Gasteiger partial charge in [0.05, 0.1) is 22.4 Å². The summed E-state index contributed by atoms with van der Waals surface area (Å²) in [5.41, 5.74) is -0.0377. The topological polar surface area (TPSA) is 112 Å². The van der Waals surface area contributed by atoms with Crippen LogP contribution >= 0.6 is 23.1 Å². The number of amides is 3. The average Bonchev–Trinajstić information content (AvgIpc) is 3.67. The molecule has 2 bridgehead atoms. The van der Waals surface area contributed by atoms with E-state index in [0.29, 0.717) is 6.42 Å². The fraction of sp³-hybridized carbons (Fsp3) is 0.393. The first-order valence-corrected chi connectivity index (χ1v) is 14.9. The first-order chi connectivity index (χ1) is 19.5. The Morgan fingerprint density at radius 2 is 1.88 bits per heavy atom. The number of hydrogen-bond donors (Lipinski definition) is 2. The highest BCUT2D eigenvalue weighted by molar-refractivity contribution is 8.00. The number of H-pyrrole nitrogens is 1. The van der Waals surface area contributed by atoms with Crippen LogP contribution in [0.25, 0.3) is 0 Å². The molecule has 2 aliphatic heterocycles. The fourth-order valence-corrected chi connectivity index (χ4v) is 10.4. The zero-order chi connectivity index (χ0) is 28.8. The number of carbonyl (C=O) groups is 3. The molecule has 3 aromatic rings. The molecule has 41 heavy (non-hydrogen) atoms. The first kappa shape index (κ1) is 26.4. The molecule has 3 fully saturated rings. The van der Waals surface area contributed by atoms with Crippen molar-refractivity contribution >= 4 is 46.5 Å². The van der Waals surface area contributed by atoms with Gasteiger partial charge in [-0.3, -0.25) is 29.1 Å².